The molecule has 0 bridgehead atoms. The second-order valence-corrected chi connectivity index (χ2v) is 6.40. The molecule has 1 aliphatic carbocycles. The Morgan fingerprint density at radius 2 is 1.75 bits per heavy atom. The fraction of sp³-hybridized carbons (Fsp3) is 1.00. The minimum atomic E-state index is 0.0119. The van der Waals surface area contributed by atoms with E-state index in [1.165, 1.54) is 38.5 Å². The van der Waals surface area contributed by atoms with E-state index in [0.29, 0.717) is 6.04 Å². The highest BCUT2D eigenvalue weighted by atomic mass is 16.5. The van der Waals surface area contributed by atoms with Crippen LogP contribution in [0.15, 0.2) is 0 Å². The van der Waals surface area contributed by atoms with Crippen LogP contribution in [0, 0.1) is 5.92 Å². The Morgan fingerprint density at radius 3 is 2.30 bits per heavy atom. The molecule has 1 heterocycles. The predicted octanol–water partition coefficient (Wildman–Crippen LogP) is 3.52. The van der Waals surface area contributed by atoms with Crippen LogP contribution in [0.1, 0.15) is 65.2 Å². The monoisotopic (exact) mass is 283 g/mol. The summed E-state index contributed by atoms with van der Waals surface area (Å²) in [6.07, 6.45) is 10.5. The molecular formula is C17H33NO2. The molecule has 1 N–H and O–H groups in total. The Hall–Kier alpha value is -0.120. The Labute approximate surface area is 124 Å². The minimum Gasteiger partial charge on any atom is -0.381 e. The summed E-state index contributed by atoms with van der Waals surface area (Å²) in [6.45, 7) is 7.92. The third-order valence-corrected chi connectivity index (χ3v) is 5.13. The molecule has 118 valence electrons. The van der Waals surface area contributed by atoms with Crippen LogP contribution in [0.5, 0.6) is 0 Å². The second kappa shape index (κ2) is 8.35. The standard InChI is InChI=1S/C17H33NO2/c1-3-18-16(15-9-7-5-6-8-10-15)17(20-4-2)11-13-19-14-12-17/h15-16,18H,3-14H2,1-2H3. The first-order chi connectivity index (χ1) is 9.82. The molecule has 1 saturated carbocycles. The molecule has 0 radical (unpaired) electrons. The first kappa shape index (κ1) is 16.3. The van der Waals surface area contributed by atoms with Gasteiger partial charge in [-0.1, -0.05) is 32.6 Å². The number of ether oxygens (including phenoxy) is 2. The van der Waals surface area contributed by atoms with Gasteiger partial charge in [0.2, 0.25) is 0 Å². The van der Waals surface area contributed by atoms with Crippen LogP contribution in [0.25, 0.3) is 0 Å². The molecule has 2 aliphatic rings. The molecule has 2 rings (SSSR count). The van der Waals surface area contributed by atoms with E-state index in [9.17, 15) is 0 Å². The number of rotatable bonds is 6. The van der Waals surface area contributed by atoms with Crippen molar-refractivity contribution in [1.82, 2.24) is 5.32 Å². The number of hydrogen-bond donors (Lipinski definition) is 1. The predicted molar refractivity (Wildman–Crippen MR) is 83.1 cm³/mol. The summed E-state index contributed by atoms with van der Waals surface area (Å²) < 4.78 is 11.9. The van der Waals surface area contributed by atoms with Gasteiger partial charge in [-0.05, 0) is 32.2 Å². The average molecular weight is 283 g/mol. The molecule has 2 fully saturated rings. The van der Waals surface area contributed by atoms with Gasteiger partial charge in [0.15, 0.2) is 0 Å². The summed E-state index contributed by atoms with van der Waals surface area (Å²) in [5, 5.41) is 3.79. The maximum absolute atomic E-state index is 6.34. The maximum atomic E-state index is 6.34. The highest BCUT2D eigenvalue weighted by Gasteiger charge is 2.44. The van der Waals surface area contributed by atoms with Crippen molar-refractivity contribution in [3.05, 3.63) is 0 Å². The molecule has 0 aromatic heterocycles. The van der Waals surface area contributed by atoms with E-state index < -0.39 is 0 Å². The fourth-order valence-electron chi connectivity index (χ4n) is 4.20. The molecule has 1 atom stereocenters. The van der Waals surface area contributed by atoms with Crippen molar-refractivity contribution in [3.8, 4) is 0 Å². The van der Waals surface area contributed by atoms with Crippen molar-refractivity contribution in [2.24, 2.45) is 5.92 Å². The lowest BCUT2D eigenvalue weighted by Crippen LogP contribution is -2.58. The van der Waals surface area contributed by atoms with Gasteiger partial charge in [-0.2, -0.15) is 0 Å². The molecule has 0 spiro atoms. The van der Waals surface area contributed by atoms with Crippen LogP contribution in [0.2, 0.25) is 0 Å². The molecule has 0 aromatic rings. The first-order valence-electron chi connectivity index (χ1n) is 8.77. The maximum Gasteiger partial charge on any atom is 0.0881 e. The van der Waals surface area contributed by atoms with E-state index in [1.54, 1.807) is 0 Å². The Balaban J connectivity index is 2.13. The number of likely N-dealkylation sites (N-methyl/N-ethyl adjacent to an activating group) is 1. The summed E-state index contributed by atoms with van der Waals surface area (Å²) >= 11 is 0. The molecule has 0 aromatic carbocycles. The molecule has 1 unspecified atom stereocenters. The molecule has 3 heteroatoms. The molecular weight excluding hydrogens is 250 g/mol. The van der Waals surface area contributed by atoms with Gasteiger partial charge in [0.25, 0.3) is 0 Å². The third-order valence-electron chi connectivity index (χ3n) is 5.13. The lowest BCUT2D eigenvalue weighted by Gasteiger charge is -2.46. The normalized spacial score (nSPS) is 26.1. The van der Waals surface area contributed by atoms with Gasteiger partial charge in [0, 0.05) is 38.7 Å². The summed E-state index contributed by atoms with van der Waals surface area (Å²) in [6, 6.07) is 0.509. The second-order valence-electron chi connectivity index (χ2n) is 6.40. The van der Waals surface area contributed by atoms with Crippen molar-refractivity contribution < 1.29 is 9.47 Å². The van der Waals surface area contributed by atoms with Gasteiger partial charge in [-0.3, -0.25) is 0 Å². The summed E-state index contributed by atoms with van der Waals surface area (Å²) in [5.41, 5.74) is 0.0119. The largest absolute Gasteiger partial charge is 0.381 e. The zero-order valence-corrected chi connectivity index (χ0v) is 13.5. The van der Waals surface area contributed by atoms with Crippen LogP contribution >= 0.6 is 0 Å². The van der Waals surface area contributed by atoms with Crippen LogP contribution in [-0.4, -0.2) is 38.0 Å². The Bertz CT molecular complexity index is 250. The van der Waals surface area contributed by atoms with E-state index in [2.05, 4.69) is 19.2 Å². The van der Waals surface area contributed by atoms with Gasteiger partial charge in [0.1, 0.15) is 0 Å². The molecule has 1 saturated heterocycles. The van der Waals surface area contributed by atoms with Crippen LogP contribution in [0.4, 0.5) is 0 Å². The minimum absolute atomic E-state index is 0.0119. The van der Waals surface area contributed by atoms with Crippen LogP contribution in [0.3, 0.4) is 0 Å². The van der Waals surface area contributed by atoms with Crippen molar-refractivity contribution in [3.63, 3.8) is 0 Å². The van der Waals surface area contributed by atoms with Crippen molar-refractivity contribution in [1.29, 1.82) is 0 Å². The summed E-state index contributed by atoms with van der Waals surface area (Å²) in [5.74, 6) is 0.780. The summed E-state index contributed by atoms with van der Waals surface area (Å²) in [4.78, 5) is 0. The summed E-state index contributed by atoms with van der Waals surface area (Å²) in [7, 11) is 0. The Morgan fingerprint density at radius 1 is 1.10 bits per heavy atom. The van der Waals surface area contributed by atoms with Gasteiger partial charge >= 0.3 is 0 Å². The molecule has 1 aliphatic heterocycles. The SMILES string of the molecule is CCNC(C1CCCCCC1)C1(OCC)CCOCC1. The lowest BCUT2D eigenvalue weighted by atomic mass is 9.76. The van der Waals surface area contributed by atoms with E-state index >= 15 is 0 Å². The van der Waals surface area contributed by atoms with Gasteiger partial charge in [-0.25, -0.2) is 0 Å². The third kappa shape index (κ3) is 3.96. The van der Waals surface area contributed by atoms with Crippen molar-refractivity contribution in [2.75, 3.05) is 26.4 Å². The quantitative estimate of drug-likeness (QED) is 0.757. The van der Waals surface area contributed by atoms with E-state index in [1.807, 2.05) is 0 Å². The zero-order chi connectivity index (χ0) is 14.3. The van der Waals surface area contributed by atoms with Crippen LogP contribution < -0.4 is 5.32 Å². The topological polar surface area (TPSA) is 30.5 Å². The average Bonchev–Trinajstić information content (AvgIpc) is 2.75. The molecule has 0 amide bonds. The molecule has 3 nitrogen and oxygen atoms in total. The lowest BCUT2D eigenvalue weighted by molar-refractivity contribution is -0.137. The van der Waals surface area contributed by atoms with Crippen LogP contribution in [-0.2, 0) is 9.47 Å². The number of hydrogen-bond acceptors (Lipinski definition) is 3. The van der Waals surface area contributed by atoms with Gasteiger partial charge < -0.3 is 14.8 Å². The van der Waals surface area contributed by atoms with E-state index in [4.69, 9.17) is 9.47 Å². The van der Waals surface area contributed by atoms with E-state index in [-0.39, 0.29) is 5.60 Å². The number of nitrogens with one attached hydrogen (secondary N) is 1. The first-order valence-corrected chi connectivity index (χ1v) is 8.77. The smallest absolute Gasteiger partial charge is 0.0881 e. The van der Waals surface area contributed by atoms with Gasteiger partial charge in [-0.15, -0.1) is 0 Å². The highest BCUT2D eigenvalue weighted by molar-refractivity contribution is 4.98. The zero-order valence-electron chi connectivity index (χ0n) is 13.5. The Kier molecular flexibility index (Phi) is 6.79. The van der Waals surface area contributed by atoms with Gasteiger partial charge in [0.05, 0.1) is 5.60 Å². The van der Waals surface area contributed by atoms with E-state index in [0.717, 1.165) is 45.1 Å². The van der Waals surface area contributed by atoms with Crippen molar-refractivity contribution >= 4 is 0 Å². The van der Waals surface area contributed by atoms with Crippen molar-refractivity contribution in [2.45, 2.75) is 76.9 Å². The fourth-order valence-corrected chi connectivity index (χ4v) is 4.20. The highest BCUT2D eigenvalue weighted by Crippen LogP contribution is 2.37. The molecule has 20 heavy (non-hydrogen) atoms.